The third-order valence-corrected chi connectivity index (χ3v) is 0.917. The van der Waals surface area contributed by atoms with E-state index in [1.165, 1.54) is 4.90 Å². The van der Waals surface area contributed by atoms with Gasteiger partial charge < -0.3 is 4.74 Å². The summed E-state index contributed by atoms with van der Waals surface area (Å²) >= 11 is 0. The average Bonchev–Trinajstić information content (AvgIpc) is 2.14. The Morgan fingerprint density at radius 2 is 2.62 bits per heavy atom. The fraction of sp³-hybridized carbons (Fsp3) is 0.400. The molecule has 0 aromatic rings. The van der Waals surface area contributed by atoms with Crippen molar-refractivity contribution >= 4 is 6.09 Å². The Morgan fingerprint density at radius 1 is 1.88 bits per heavy atom. The van der Waals surface area contributed by atoms with Gasteiger partial charge in [-0.1, -0.05) is 6.42 Å². The lowest BCUT2D eigenvalue weighted by atomic mass is 10.7. The van der Waals surface area contributed by atoms with Gasteiger partial charge in [-0.2, -0.15) is 0 Å². The molecule has 0 aromatic carbocycles. The summed E-state index contributed by atoms with van der Waals surface area (Å²) in [6, 6.07) is 2.17. The van der Waals surface area contributed by atoms with Crippen LogP contribution in [0.15, 0.2) is 0 Å². The maximum atomic E-state index is 10.4. The van der Waals surface area contributed by atoms with Gasteiger partial charge in [0.2, 0.25) is 0 Å². The molecule has 0 aliphatic carbocycles. The molecule has 1 rings (SSSR count). The van der Waals surface area contributed by atoms with Crippen molar-refractivity contribution in [3.05, 3.63) is 0 Å². The number of carbonyl (C=O) groups is 1. The molecular weight excluding hydrogens is 106 g/mol. The van der Waals surface area contributed by atoms with E-state index in [-0.39, 0.29) is 0 Å². The molecule has 0 radical (unpaired) electrons. The first-order chi connectivity index (χ1) is 3.84. The van der Waals surface area contributed by atoms with E-state index in [0.29, 0.717) is 13.2 Å². The van der Waals surface area contributed by atoms with E-state index in [4.69, 9.17) is 6.42 Å². The molecule has 1 saturated heterocycles. The Balaban J connectivity index is 2.58. The number of rotatable bonds is 0. The molecule has 1 amide bonds. The summed E-state index contributed by atoms with van der Waals surface area (Å²) in [4.78, 5) is 11.6. The van der Waals surface area contributed by atoms with Gasteiger partial charge in [-0.3, -0.25) is 0 Å². The molecule has 1 heterocycles. The highest BCUT2D eigenvalue weighted by atomic mass is 16.6. The second kappa shape index (κ2) is 1.74. The van der Waals surface area contributed by atoms with Crippen LogP contribution in [0.2, 0.25) is 0 Å². The number of hydrogen-bond acceptors (Lipinski definition) is 2. The van der Waals surface area contributed by atoms with Gasteiger partial charge in [0.25, 0.3) is 0 Å². The third-order valence-electron chi connectivity index (χ3n) is 0.917. The molecule has 1 aliphatic rings. The average molecular weight is 111 g/mol. The Labute approximate surface area is 47.2 Å². The number of cyclic esters (lactones) is 1. The van der Waals surface area contributed by atoms with Gasteiger partial charge in [-0.15, -0.1) is 0 Å². The lowest BCUT2D eigenvalue weighted by Gasteiger charge is -1.97. The molecule has 0 bridgehead atoms. The molecule has 3 heteroatoms. The summed E-state index contributed by atoms with van der Waals surface area (Å²) in [5.41, 5.74) is 0. The largest absolute Gasteiger partial charge is 0.447 e. The first-order valence-electron chi connectivity index (χ1n) is 2.25. The summed E-state index contributed by atoms with van der Waals surface area (Å²) in [7, 11) is 0. The van der Waals surface area contributed by atoms with Crippen molar-refractivity contribution in [1.82, 2.24) is 4.90 Å². The smallest absolute Gasteiger partial charge is 0.421 e. The predicted octanol–water partition coefficient (Wildman–Crippen LogP) is 0.0293. The second-order valence-electron chi connectivity index (χ2n) is 1.40. The van der Waals surface area contributed by atoms with Crippen LogP contribution in [0, 0.1) is 12.5 Å². The maximum Gasteiger partial charge on any atom is 0.421 e. The summed E-state index contributed by atoms with van der Waals surface area (Å²) in [5.74, 6) is 0. The van der Waals surface area contributed by atoms with Crippen LogP contribution in [0.1, 0.15) is 0 Å². The topological polar surface area (TPSA) is 29.5 Å². The van der Waals surface area contributed by atoms with Crippen molar-refractivity contribution in [2.75, 3.05) is 13.2 Å². The summed E-state index contributed by atoms with van der Waals surface area (Å²) < 4.78 is 4.50. The van der Waals surface area contributed by atoms with Crippen LogP contribution in [0.3, 0.4) is 0 Å². The van der Waals surface area contributed by atoms with Crippen molar-refractivity contribution in [1.29, 1.82) is 0 Å². The van der Waals surface area contributed by atoms with Gasteiger partial charge in [0.05, 0.1) is 6.54 Å². The van der Waals surface area contributed by atoms with E-state index in [1.807, 2.05) is 0 Å². The van der Waals surface area contributed by atoms with Crippen LogP contribution in [0.5, 0.6) is 0 Å². The van der Waals surface area contributed by atoms with E-state index in [1.54, 1.807) is 0 Å². The van der Waals surface area contributed by atoms with E-state index >= 15 is 0 Å². The lowest BCUT2D eigenvalue weighted by molar-refractivity contribution is 0.167. The monoisotopic (exact) mass is 111 g/mol. The van der Waals surface area contributed by atoms with Crippen LogP contribution in [0.4, 0.5) is 4.79 Å². The van der Waals surface area contributed by atoms with Gasteiger partial charge in [0, 0.05) is 6.04 Å². The minimum absolute atomic E-state index is 0.410. The SMILES string of the molecule is C#CN1CCOC1=O. The van der Waals surface area contributed by atoms with Crippen molar-refractivity contribution in [2.45, 2.75) is 0 Å². The number of terminal acetylenes is 1. The molecular formula is C5H5NO2. The van der Waals surface area contributed by atoms with Crippen LogP contribution < -0.4 is 0 Å². The van der Waals surface area contributed by atoms with Crippen molar-refractivity contribution in [2.24, 2.45) is 0 Å². The Hall–Kier alpha value is -1.17. The van der Waals surface area contributed by atoms with Crippen LogP contribution in [-0.4, -0.2) is 24.1 Å². The Kier molecular flexibility index (Phi) is 1.09. The van der Waals surface area contributed by atoms with Crippen molar-refractivity contribution in [3.8, 4) is 12.5 Å². The predicted molar refractivity (Wildman–Crippen MR) is 26.9 cm³/mol. The molecule has 8 heavy (non-hydrogen) atoms. The Morgan fingerprint density at radius 3 is 2.88 bits per heavy atom. The summed E-state index contributed by atoms with van der Waals surface area (Å²) in [5, 5.41) is 0. The Bertz CT molecular complexity index is 147. The molecule has 0 N–H and O–H groups in total. The van der Waals surface area contributed by atoms with E-state index < -0.39 is 6.09 Å². The standard InChI is InChI=1S/C5H5NO2/c1-2-6-3-4-8-5(6)7/h1H,3-4H2. The van der Waals surface area contributed by atoms with Crippen LogP contribution >= 0.6 is 0 Å². The highest BCUT2D eigenvalue weighted by Gasteiger charge is 2.18. The van der Waals surface area contributed by atoms with Gasteiger partial charge >= 0.3 is 6.09 Å². The lowest BCUT2D eigenvalue weighted by Crippen LogP contribution is -2.16. The zero-order chi connectivity index (χ0) is 5.98. The van der Waals surface area contributed by atoms with E-state index in [0.717, 1.165) is 0 Å². The molecule has 0 spiro atoms. The van der Waals surface area contributed by atoms with Crippen molar-refractivity contribution < 1.29 is 9.53 Å². The fourth-order valence-corrected chi connectivity index (χ4v) is 0.511. The molecule has 1 aliphatic heterocycles. The first kappa shape index (κ1) is 4.98. The quantitative estimate of drug-likeness (QED) is 0.413. The summed E-state index contributed by atoms with van der Waals surface area (Å²) in [6.45, 7) is 0.943. The van der Waals surface area contributed by atoms with Gasteiger partial charge in [-0.05, 0) is 0 Å². The molecule has 0 unspecified atom stereocenters. The van der Waals surface area contributed by atoms with Crippen molar-refractivity contribution in [3.63, 3.8) is 0 Å². The number of hydrogen-bond donors (Lipinski definition) is 0. The summed E-state index contributed by atoms with van der Waals surface area (Å²) in [6.07, 6.45) is 4.49. The van der Waals surface area contributed by atoms with Gasteiger partial charge in [-0.25, -0.2) is 9.69 Å². The highest BCUT2D eigenvalue weighted by molar-refractivity contribution is 5.71. The van der Waals surface area contributed by atoms with Gasteiger partial charge in [0.1, 0.15) is 6.61 Å². The minimum atomic E-state index is -0.410. The molecule has 3 nitrogen and oxygen atoms in total. The van der Waals surface area contributed by atoms with E-state index in [2.05, 4.69) is 10.8 Å². The molecule has 0 aromatic heterocycles. The number of nitrogens with zero attached hydrogens (tertiary/aromatic N) is 1. The zero-order valence-corrected chi connectivity index (χ0v) is 4.26. The highest BCUT2D eigenvalue weighted by Crippen LogP contribution is 1.98. The zero-order valence-electron chi connectivity index (χ0n) is 4.26. The van der Waals surface area contributed by atoms with Crippen LogP contribution in [0.25, 0.3) is 0 Å². The molecule has 0 saturated carbocycles. The molecule has 0 atom stereocenters. The third kappa shape index (κ3) is 0.604. The van der Waals surface area contributed by atoms with E-state index in [9.17, 15) is 4.79 Å². The van der Waals surface area contributed by atoms with Gasteiger partial charge in [0.15, 0.2) is 0 Å². The molecule has 42 valence electrons. The maximum absolute atomic E-state index is 10.4. The number of ether oxygens (including phenoxy) is 1. The normalized spacial score (nSPS) is 17.9. The fourth-order valence-electron chi connectivity index (χ4n) is 0.511. The number of carbonyl (C=O) groups excluding carboxylic acids is 1. The minimum Gasteiger partial charge on any atom is -0.447 e. The first-order valence-corrected chi connectivity index (χ1v) is 2.25. The van der Waals surface area contributed by atoms with Crippen LogP contribution in [-0.2, 0) is 4.74 Å². The molecule has 1 fully saturated rings. The second-order valence-corrected chi connectivity index (χ2v) is 1.40. The number of amides is 1.